The summed E-state index contributed by atoms with van der Waals surface area (Å²) in [5.74, 6) is 0.253. The van der Waals surface area contributed by atoms with Crippen LogP contribution in [0.1, 0.15) is 29.5 Å². The minimum atomic E-state index is -0.285. The highest BCUT2D eigenvalue weighted by Gasteiger charge is 2.33. The van der Waals surface area contributed by atoms with Crippen molar-refractivity contribution in [2.45, 2.75) is 38.9 Å². The van der Waals surface area contributed by atoms with Crippen LogP contribution >= 0.6 is 0 Å². The zero-order valence-electron chi connectivity index (χ0n) is 14.3. The summed E-state index contributed by atoms with van der Waals surface area (Å²) in [6.45, 7) is 2.96. The molecule has 0 unspecified atom stereocenters. The molecule has 4 nitrogen and oxygen atoms in total. The van der Waals surface area contributed by atoms with E-state index in [0.717, 1.165) is 11.1 Å². The topological polar surface area (TPSA) is 58.7 Å². The number of rotatable bonds is 5. The first-order valence-electron chi connectivity index (χ1n) is 8.42. The number of aryl methyl sites for hydroxylation is 1. The van der Waals surface area contributed by atoms with Gasteiger partial charge in [0.2, 0.25) is 5.91 Å². The Morgan fingerprint density at radius 1 is 1.16 bits per heavy atom. The average Bonchev–Trinajstić information content (AvgIpc) is 2.97. The molecule has 5 heteroatoms. The molecule has 3 rings (SSSR count). The zero-order valence-corrected chi connectivity index (χ0v) is 14.3. The maximum absolute atomic E-state index is 13.0. The van der Waals surface area contributed by atoms with Gasteiger partial charge in [-0.05, 0) is 36.6 Å². The highest BCUT2D eigenvalue weighted by Crippen LogP contribution is 2.22. The molecule has 1 fully saturated rings. The van der Waals surface area contributed by atoms with Crippen molar-refractivity contribution < 1.29 is 9.18 Å². The highest BCUT2D eigenvalue weighted by atomic mass is 19.1. The number of carbonyl (C=O) groups excluding carboxylic acids is 1. The molecule has 0 aromatic heterocycles. The predicted octanol–water partition coefficient (Wildman–Crippen LogP) is 3.18. The summed E-state index contributed by atoms with van der Waals surface area (Å²) >= 11 is 0. The Morgan fingerprint density at radius 3 is 2.48 bits per heavy atom. The standard InChI is InChI=1S/C20H22FN3O/c1-14-2-4-15(5-3-14)12-23-20(22)18-10-11-19(25)24(18)13-16-6-8-17(21)9-7-16/h2-9,18H,10-13H2,1H3,(H2,22,23)/t18-/m0/s1. The van der Waals surface area contributed by atoms with Crippen LogP contribution in [0, 0.1) is 12.7 Å². The molecule has 1 aliphatic rings. The third-order valence-corrected chi connectivity index (χ3v) is 4.50. The normalized spacial score (nSPS) is 18.0. The van der Waals surface area contributed by atoms with E-state index in [4.69, 9.17) is 5.73 Å². The van der Waals surface area contributed by atoms with Crippen molar-refractivity contribution in [3.05, 3.63) is 71.0 Å². The SMILES string of the molecule is Cc1ccc(CN=C(N)[C@@H]2CCC(=O)N2Cc2ccc(F)cc2)cc1. The number of amides is 1. The number of carbonyl (C=O) groups is 1. The van der Waals surface area contributed by atoms with Crippen LogP contribution in [-0.2, 0) is 17.9 Å². The molecule has 1 aliphatic heterocycles. The second-order valence-corrected chi connectivity index (χ2v) is 6.43. The molecule has 0 saturated carbocycles. The molecular formula is C20H22FN3O. The van der Waals surface area contributed by atoms with Crippen molar-refractivity contribution >= 4 is 11.7 Å². The summed E-state index contributed by atoms with van der Waals surface area (Å²) in [5, 5.41) is 0. The van der Waals surface area contributed by atoms with Gasteiger partial charge in [-0.15, -0.1) is 0 Å². The smallest absolute Gasteiger partial charge is 0.223 e. The highest BCUT2D eigenvalue weighted by molar-refractivity contribution is 5.93. The van der Waals surface area contributed by atoms with E-state index in [1.54, 1.807) is 17.0 Å². The number of aliphatic imine (C=N–C) groups is 1. The van der Waals surface area contributed by atoms with Crippen LogP contribution in [0.4, 0.5) is 4.39 Å². The molecule has 0 aliphatic carbocycles. The first-order valence-corrected chi connectivity index (χ1v) is 8.42. The van der Waals surface area contributed by atoms with Gasteiger partial charge in [0.05, 0.1) is 12.6 Å². The molecule has 25 heavy (non-hydrogen) atoms. The largest absolute Gasteiger partial charge is 0.386 e. The third kappa shape index (κ3) is 4.24. The van der Waals surface area contributed by atoms with Crippen molar-refractivity contribution in [3.63, 3.8) is 0 Å². The molecular weight excluding hydrogens is 317 g/mol. The van der Waals surface area contributed by atoms with Crippen LogP contribution < -0.4 is 5.73 Å². The van der Waals surface area contributed by atoms with E-state index in [0.29, 0.717) is 31.8 Å². The molecule has 0 spiro atoms. The van der Waals surface area contributed by atoms with Gasteiger partial charge in [-0.25, -0.2) is 4.39 Å². The van der Waals surface area contributed by atoms with Crippen molar-refractivity contribution in [2.24, 2.45) is 10.7 Å². The first kappa shape index (κ1) is 17.1. The van der Waals surface area contributed by atoms with Gasteiger partial charge in [0.15, 0.2) is 0 Å². The van der Waals surface area contributed by atoms with Gasteiger partial charge in [0.1, 0.15) is 11.7 Å². The Morgan fingerprint density at radius 2 is 1.80 bits per heavy atom. The summed E-state index contributed by atoms with van der Waals surface area (Å²) < 4.78 is 13.0. The molecule has 1 saturated heterocycles. The predicted molar refractivity (Wildman–Crippen MR) is 96.5 cm³/mol. The number of hydrogen-bond acceptors (Lipinski definition) is 2. The third-order valence-electron chi connectivity index (χ3n) is 4.50. The van der Waals surface area contributed by atoms with Gasteiger partial charge in [-0.2, -0.15) is 0 Å². The summed E-state index contributed by atoms with van der Waals surface area (Å²) in [6.07, 6.45) is 1.13. The summed E-state index contributed by atoms with van der Waals surface area (Å²) in [7, 11) is 0. The Balaban J connectivity index is 1.70. The van der Waals surface area contributed by atoms with Crippen molar-refractivity contribution in [3.8, 4) is 0 Å². The molecule has 0 radical (unpaired) electrons. The van der Waals surface area contributed by atoms with E-state index < -0.39 is 0 Å². The Kier molecular flexibility index (Phi) is 5.12. The Bertz CT molecular complexity index is 769. The van der Waals surface area contributed by atoms with Crippen LogP contribution in [0.25, 0.3) is 0 Å². The fourth-order valence-electron chi connectivity index (χ4n) is 3.01. The van der Waals surface area contributed by atoms with E-state index in [9.17, 15) is 9.18 Å². The fourth-order valence-corrected chi connectivity index (χ4v) is 3.01. The monoisotopic (exact) mass is 339 g/mol. The van der Waals surface area contributed by atoms with Gasteiger partial charge in [0.25, 0.3) is 0 Å². The molecule has 2 N–H and O–H groups in total. The van der Waals surface area contributed by atoms with Gasteiger partial charge >= 0.3 is 0 Å². The van der Waals surface area contributed by atoms with Crippen molar-refractivity contribution in [1.29, 1.82) is 0 Å². The van der Waals surface area contributed by atoms with Crippen molar-refractivity contribution in [2.75, 3.05) is 0 Å². The van der Waals surface area contributed by atoms with E-state index in [2.05, 4.69) is 4.99 Å². The second-order valence-electron chi connectivity index (χ2n) is 6.43. The summed E-state index contributed by atoms with van der Waals surface area (Å²) in [4.78, 5) is 18.4. The molecule has 130 valence electrons. The number of nitrogens with zero attached hydrogens (tertiary/aromatic N) is 2. The molecule has 2 aromatic rings. The maximum atomic E-state index is 13.0. The molecule has 1 heterocycles. The number of nitrogens with two attached hydrogens (primary N) is 1. The average molecular weight is 339 g/mol. The van der Waals surface area contributed by atoms with Gasteiger partial charge in [-0.1, -0.05) is 42.0 Å². The van der Waals surface area contributed by atoms with E-state index >= 15 is 0 Å². The molecule has 1 atom stereocenters. The van der Waals surface area contributed by atoms with Gasteiger partial charge < -0.3 is 10.6 Å². The fraction of sp³-hybridized carbons (Fsp3) is 0.300. The van der Waals surface area contributed by atoms with Crippen LogP contribution in [0.3, 0.4) is 0 Å². The van der Waals surface area contributed by atoms with E-state index in [-0.39, 0.29) is 17.8 Å². The molecule has 2 aromatic carbocycles. The van der Waals surface area contributed by atoms with Crippen LogP contribution in [0.15, 0.2) is 53.5 Å². The number of amidine groups is 1. The quantitative estimate of drug-likeness (QED) is 0.672. The Hall–Kier alpha value is -2.69. The lowest BCUT2D eigenvalue weighted by Crippen LogP contribution is -2.42. The summed E-state index contributed by atoms with van der Waals surface area (Å²) in [6, 6.07) is 14.1. The summed E-state index contributed by atoms with van der Waals surface area (Å²) in [5.41, 5.74) is 9.35. The lowest BCUT2D eigenvalue weighted by atomic mass is 10.1. The van der Waals surface area contributed by atoms with Crippen molar-refractivity contribution in [1.82, 2.24) is 4.90 Å². The van der Waals surface area contributed by atoms with Crippen LogP contribution in [0.5, 0.6) is 0 Å². The van der Waals surface area contributed by atoms with E-state index in [1.807, 2.05) is 31.2 Å². The van der Waals surface area contributed by atoms with Crippen LogP contribution in [-0.4, -0.2) is 22.7 Å². The van der Waals surface area contributed by atoms with Crippen LogP contribution in [0.2, 0.25) is 0 Å². The van der Waals surface area contributed by atoms with Gasteiger partial charge in [-0.3, -0.25) is 9.79 Å². The van der Waals surface area contributed by atoms with E-state index in [1.165, 1.54) is 17.7 Å². The first-order chi connectivity index (χ1) is 12.0. The lowest BCUT2D eigenvalue weighted by molar-refractivity contribution is -0.128. The second kappa shape index (κ2) is 7.47. The number of halogens is 1. The minimum Gasteiger partial charge on any atom is -0.386 e. The lowest BCUT2D eigenvalue weighted by Gasteiger charge is -2.24. The number of likely N-dealkylation sites (tertiary alicyclic amines) is 1. The zero-order chi connectivity index (χ0) is 17.8. The Labute approximate surface area is 147 Å². The number of benzene rings is 2. The molecule has 1 amide bonds. The number of hydrogen-bond donors (Lipinski definition) is 1. The maximum Gasteiger partial charge on any atom is 0.223 e. The van der Waals surface area contributed by atoms with Gasteiger partial charge in [0, 0.05) is 13.0 Å². The molecule has 0 bridgehead atoms. The minimum absolute atomic E-state index is 0.0582.